The molecule has 0 aliphatic heterocycles. The Kier molecular flexibility index (Phi) is 5.07. The molecule has 0 saturated carbocycles. The molecule has 6 heteroatoms. The van der Waals surface area contributed by atoms with Gasteiger partial charge in [0.05, 0.1) is 29.6 Å². The zero-order valence-electron chi connectivity index (χ0n) is 18.5. The van der Waals surface area contributed by atoms with Gasteiger partial charge in [-0.1, -0.05) is 30.3 Å². The number of aryl methyl sites for hydroxylation is 1. The topological polar surface area (TPSA) is 25.8 Å². The summed E-state index contributed by atoms with van der Waals surface area (Å²) in [5.41, 5.74) is 7.33. The van der Waals surface area contributed by atoms with E-state index in [0.29, 0.717) is 0 Å². The minimum absolute atomic E-state index is 0.923. The lowest BCUT2D eigenvalue weighted by atomic mass is 9.95. The van der Waals surface area contributed by atoms with E-state index in [-0.39, 0.29) is 0 Å². The monoisotopic (exact) mass is 614 g/mol. The second kappa shape index (κ2) is 8.20. The van der Waals surface area contributed by atoms with Gasteiger partial charge in [0.15, 0.2) is 0 Å². The molecule has 0 atom stereocenters. The van der Waals surface area contributed by atoms with Crippen LogP contribution in [-0.4, -0.2) is 9.97 Å². The van der Waals surface area contributed by atoms with Crippen LogP contribution in [-0.2, 0) is 0 Å². The first-order valence-corrected chi connectivity index (χ1v) is 14.3. The van der Waals surface area contributed by atoms with Crippen molar-refractivity contribution < 1.29 is 0 Å². The molecule has 168 valence electrons. The molecule has 7 rings (SSSR count). The molecule has 35 heavy (non-hydrogen) atoms. The van der Waals surface area contributed by atoms with Crippen molar-refractivity contribution in [3.8, 4) is 20.9 Å². The van der Waals surface area contributed by atoms with Crippen molar-refractivity contribution >= 4 is 98.1 Å². The number of hydrogen-bond donors (Lipinski definition) is 0. The van der Waals surface area contributed by atoms with Crippen LogP contribution in [0.15, 0.2) is 86.4 Å². The molecule has 3 aromatic heterocycles. The van der Waals surface area contributed by atoms with Crippen molar-refractivity contribution in [3.05, 3.63) is 92.0 Å². The fourth-order valence-electron chi connectivity index (χ4n) is 4.74. The van der Waals surface area contributed by atoms with E-state index >= 15 is 0 Å². The van der Waals surface area contributed by atoms with Crippen LogP contribution in [0.2, 0.25) is 0 Å². The fraction of sp³-hybridized carbons (Fsp3) is 0.0345. The van der Waals surface area contributed by atoms with Gasteiger partial charge in [-0.25, -0.2) is 9.97 Å². The molecule has 0 fully saturated rings. The zero-order valence-corrected chi connectivity index (χ0v) is 23.3. The largest absolute Gasteiger partial charge is 0.244 e. The fourth-order valence-corrected chi connectivity index (χ4v) is 7.50. The number of aromatic nitrogens is 2. The van der Waals surface area contributed by atoms with Crippen molar-refractivity contribution in [1.29, 1.82) is 0 Å². The summed E-state index contributed by atoms with van der Waals surface area (Å²) in [5.74, 6) is 0. The highest BCUT2D eigenvalue weighted by atomic mass is 79.9. The van der Waals surface area contributed by atoms with Crippen molar-refractivity contribution in [1.82, 2.24) is 9.97 Å². The predicted octanol–water partition coefficient (Wildman–Crippen LogP) is 10.4. The highest BCUT2D eigenvalue weighted by molar-refractivity contribution is 9.11. The van der Waals surface area contributed by atoms with E-state index in [9.17, 15) is 0 Å². The lowest BCUT2D eigenvalue weighted by molar-refractivity contribution is 1.39. The minimum Gasteiger partial charge on any atom is -0.244 e. The molecule has 0 bridgehead atoms. The SMILES string of the molecule is Cc1ccc2nc3c4cc(-c5ccc(Br)s5)ccc4c4ccc(-c5ccc(Br)s5)cc4c3nc2c1. The number of hydrogen-bond acceptors (Lipinski definition) is 4. The summed E-state index contributed by atoms with van der Waals surface area (Å²) in [6.45, 7) is 2.10. The molecule has 7 aromatic rings. The molecule has 0 N–H and O–H groups in total. The molecule has 0 amide bonds. The van der Waals surface area contributed by atoms with Crippen LogP contribution in [0.1, 0.15) is 5.56 Å². The normalized spacial score (nSPS) is 11.9. The Hall–Kier alpha value is -2.64. The number of fused-ring (bicyclic) bond motifs is 7. The van der Waals surface area contributed by atoms with Gasteiger partial charge in [-0.3, -0.25) is 0 Å². The van der Waals surface area contributed by atoms with Gasteiger partial charge in [0.1, 0.15) is 0 Å². The van der Waals surface area contributed by atoms with Gasteiger partial charge >= 0.3 is 0 Å². The van der Waals surface area contributed by atoms with Crippen molar-refractivity contribution in [2.75, 3.05) is 0 Å². The van der Waals surface area contributed by atoms with Crippen LogP contribution in [0.25, 0.3) is 64.5 Å². The first-order valence-electron chi connectivity index (χ1n) is 11.1. The molecule has 0 spiro atoms. The van der Waals surface area contributed by atoms with Crippen LogP contribution < -0.4 is 0 Å². The molecular formula is C29H16Br2N2S2. The molecule has 3 heterocycles. The first-order chi connectivity index (χ1) is 17.0. The first kappa shape index (κ1) is 21.6. The molecule has 0 unspecified atom stereocenters. The summed E-state index contributed by atoms with van der Waals surface area (Å²) < 4.78 is 2.26. The van der Waals surface area contributed by atoms with E-state index in [2.05, 4.69) is 118 Å². The third-order valence-electron chi connectivity index (χ3n) is 6.37. The van der Waals surface area contributed by atoms with E-state index in [1.165, 1.54) is 37.2 Å². The van der Waals surface area contributed by atoms with Gasteiger partial charge in [0.2, 0.25) is 0 Å². The Balaban J connectivity index is 1.62. The maximum atomic E-state index is 5.19. The lowest BCUT2D eigenvalue weighted by Gasteiger charge is -2.13. The van der Waals surface area contributed by atoms with E-state index < -0.39 is 0 Å². The highest BCUT2D eigenvalue weighted by Gasteiger charge is 2.15. The number of thiophene rings is 2. The molecule has 2 nitrogen and oxygen atoms in total. The molecule has 0 radical (unpaired) electrons. The van der Waals surface area contributed by atoms with Gasteiger partial charge in [-0.2, -0.15) is 0 Å². The molecule has 4 aromatic carbocycles. The third kappa shape index (κ3) is 3.62. The predicted molar refractivity (Wildman–Crippen MR) is 159 cm³/mol. The lowest BCUT2D eigenvalue weighted by Crippen LogP contribution is -1.92. The third-order valence-corrected chi connectivity index (χ3v) is 9.72. The molecule has 0 aliphatic rings. The Morgan fingerprint density at radius 1 is 0.543 bits per heavy atom. The average molecular weight is 616 g/mol. The number of nitrogens with zero attached hydrogens (tertiary/aromatic N) is 2. The summed E-state index contributed by atoms with van der Waals surface area (Å²) in [6.07, 6.45) is 0. The summed E-state index contributed by atoms with van der Waals surface area (Å²) in [7, 11) is 0. The smallest absolute Gasteiger partial charge is 0.0979 e. The van der Waals surface area contributed by atoms with E-state index in [4.69, 9.17) is 9.97 Å². The number of halogens is 2. The van der Waals surface area contributed by atoms with Crippen LogP contribution in [0.4, 0.5) is 0 Å². The second-order valence-corrected chi connectivity index (χ2v) is 13.6. The second-order valence-electron chi connectivity index (χ2n) is 8.64. The van der Waals surface area contributed by atoms with Crippen LogP contribution in [0.3, 0.4) is 0 Å². The Labute approximate surface area is 226 Å². The van der Waals surface area contributed by atoms with Gasteiger partial charge in [-0.05, 0) is 115 Å². The standard InChI is InChI=1S/C29H16Br2N2S2/c1-15-2-7-22-23(12-15)33-29-21-14-17(25-9-11-27(31)35-25)4-6-19(21)18-5-3-16(13-20(18)28(29)32-22)24-8-10-26(30)34-24/h2-14H,1H3. The minimum atomic E-state index is 0.923. The zero-order chi connectivity index (χ0) is 23.7. The van der Waals surface area contributed by atoms with E-state index in [1.54, 1.807) is 22.7 Å². The van der Waals surface area contributed by atoms with Crippen molar-refractivity contribution in [3.63, 3.8) is 0 Å². The number of rotatable bonds is 2. The quantitative estimate of drug-likeness (QED) is 0.143. The van der Waals surface area contributed by atoms with Crippen molar-refractivity contribution in [2.45, 2.75) is 6.92 Å². The van der Waals surface area contributed by atoms with E-state index in [0.717, 1.165) is 40.4 Å². The molecular weight excluding hydrogens is 600 g/mol. The summed E-state index contributed by atoms with van der Waals surface area (Å²) in [5, 5.41) is 4.67. The van der Waals surface area contributed by atoms with Gasteiger partial charge in [-0.15, -0.1) is 22.7 Å². The maximum absolute atomic E-state index is 5.19. The van der Waals surface area contributed by atoms with Gasteiger partial charge in [0.25, 0.3) is 0 Å². The number of benzene rings is 4. The van der Waals surface area contributed by atoms with Gasteiger partial charge in [0, 0.05) is 20.5 Å². The van der Waals surface area contributed by atoms with Crippen LogP contribution >= 0.6 is 54.5 Å². The van der Waals surface area contributed by atoms with E-state index in [1.807, 2.05) is 0 Å². The summed E-state index contributed by atoms with van der Waals surface area (Å²) in [4.78, 5) is 12.8. The van der Waals surface area contributed by atoms with Crippen molar-refractivity contribution in [2.24, 2.45) is 0 Å². The molecule has 0 aliphatic carbocycles. The Bertz CT molecular complexity index is 1950. The Morgan fingerprint density at radius 3 is 1.60 bits per heavy atom. The van der Waals surface area contributed by atoms with Crippen LogP contribution in [0.5, 0.6) is 0 Å². The molecule has 0 saturated heterocycles. The Morgan fingerprint density at radius 2 is 1.09 bits per heavy atom. The average Bonchev–Trinajstić information content (AvgIpc) is 3.50. The van der Waals surface area contributed by atoms with Gasteiger partial charge < -0.3 is 0 Å². The highest BCUT2D eigenvalue weighted by Crippen LogP contribution is 2.40. The summed E-state index contributed by atoms with van der Waals surface area (Å²) in [6, 6.07) is 28.3. The summed E-state index contributed by atoms with van der Waals surface area (Å²) >= 11 is 10.7. The van der Waals surface area contributed by atoms with Crippen LogP contribution in [0, 0.1) is 6.92 Å². The maximum Gasteiger partial charge on any atom is 0.0979 e.